The molecule has 6 aliphatic heterocycles. The lowest BCUT2D eigenvalue weighted by molar-refractivity contribution is -0.275. The average Bonchev–Trinajstić information content (AvgIpc) is 2.82. The van der Waals surface area contributed by atoms with Crippen LogP contribution in [-0.2, 0) is 90.9 Å². The van der Waals surface area contributed by atoms with Crippen LogP contribution in [0.3, 0.4) is 0 Å². The third kappa shape index (κ3) is 17.8. The topological polar surface area (TPSA) is 566 Å². The first-order valence-corrected chi connectivity index (χ1v) is 29.1. The first-order valence-electron chi connectivity index (χ1n) is 26.4. The van der Waals surface area contributed by atoms with Gasteiger partial charge in [-0.2, -0.15) is 16.8 Å². The van der Waals surface area contributed by atoms with Crippen LogP contribution in [0.1, 0.15) is 13.8 Å². The number of aliphatic hydroxyl groups is 13. The Morgan fingerprint density at radius 3 is 1.30 bits per heavy atom. The minimum atomic E-state index is -5.19. The lowest BCUT2D eigenvalue weighted by atomic mass is 9.79. The Morgan fingerprint density at radius 1 is 0.440 bits per heavy atom. The van der Waals surface area contributed by atoms with Crippen LogP contribution < -0.4 is 0 Å². The highest BCUT2D eigenvalue weighted by Crippen LogP contribution is 2.37. The molecule has 6 rings (SSSR count). The normalized spacial score (nSPS) is 43.3. The van der Waals surface area contributed by atoms with Crippen molar-refractivity contribution in [2.75, 3.05) is 79.3 Å². The molecule has 0 amide bonds. The summed E-state index contributed by atoms with van der Waals surface area (Å²) >= 11 is 0. The fraction of sp³-hybridized carbons (Fsp3) is 0.913. The van der Waals surface area contributed by atoms with Gasteiger partial charge in [-0.05, 0) is 19.9 Å². The van der Waals surface area contributed by atoms with Crippen molar-refractivity contribution in [1.82, 2.24) is 0 Å². The van der Waals surface area contributed by atoms with Crippen molar-refractivity contribution in [2.24, 2.45) is 29.6 Å². The number of carboxylic acids is 2. The van der Waals surface area contributed by atoms with E-state index in [1.54, 1.807) is 0 Å². The van der Waals surface area contributed by atoms with Gasteiger partial charge in [0.25, 0.3) is 0 Å². The highest BCUT2D eigenvalue weighted by Gasteiger charge is 2.52. The van der Waals surface area contributed by atoms with E-state index in [0.29, 0.717) is 0 Å². The molecule has 0 saturated carbocycles. The minimum Gasteiger partial charge on any atom is -0.479 e. The summed E-state index contributed by atoms with van der Waals surface area (Å²) in [5, 5.41) is 159. The van der Waals surface area contributed by atoms with Gasteiger partial charge in [0.2, 0.25) is 5.76 Å². The fourth-order valence-corrected chi connectivity index (χ4v) is 11.9. The molecule has 0 aromatic heterocycles. The molecule has 0 aromatic carbocycles. The summed E-state index contributed by atoms with van der Waals surface area (Å²) < 4.78 is 136. The van der Waals surface area contributed by atoms with Gasteiger partial charge >= 0.3 is 32.7 Å². The maximum atomic E-state index is 12.7. The molecule has 18 unspecified atom stereocenters. The van der Waals surface area contributed by atoms with E-state index in [0.717, 1.165) is 6.08 Å². The van der Waals surface area contributed by atoms with Crippen molar-refractivity contribution >= 4 is 32.7 Å². The summed E-state index contributed by atoms with van der Waals surface area (Å²) in [5.41, 5.74) is 0. The Bertz CT molecular complexity index is 2350. The Labute approximate surface area is 479 Å². The maximum Gasteiger partial charge on any atom is 0.397 e. The van der Waals surface area contributed by atoms with Crippen molar-refractivity contribution in [1.29, 1.82) is 0 Å². The molecule has 0 aromatic rings. The van der Waals surface area contributed by atoms with Crippen LogP contribution in [0.2, 0.25) is 0 Å². The number of carbonyl (C=O) groups is 2. The van der Waals surface area contributed by atoms with E-state index >= 15 is 0 Å². The van der Waals surface area contributed by atoms with E-state index in [1.807, 2.05) is 0 Å². The second-order valence-corrected chi connectivity index (χ2v) is 23.3. The van der Waals surface area contributed by atoms with Gasteiger partial charge < -0.3 is 129 Å². The van der Waals surface area contributed by atoms with Crippen LogP contribution in [0.5, 0.6) is 0 Å². The quantitative estimate of drug-likeness (QED) is 0.0324. The Hall–Kier alpha value is -2.70. The van der Waals surface area contributed by atoms with Crippen molar-refractivity contribution in [3.63, 3.8) is 0 Å². The Balaban J connectivity index is 1.10. The number of aliphatic hydroxyl groups excluding tert-OH is 13. The van der Waals surface area contributed by atoms with Gasteiger partial charge in [-0.15, -0.1) is 0 Å². The van der Waals surface area contributed by atoms with E-state index in [4.69, 9.17) is 56.7 Å². The van der Waals surface area contributed by atoms with E-state index in [1.165, 1.54) is 13.8 Å². The molecule has 17 N–H and O–H groups in total. The van der Waals surface area contributed by atoms with Gasteiger partial charge in [0, 0.05) is 29.6 Å². The maximum absolute atomic E-state index is 12.7. The molecular formula is C46H76O36S2. The van der Waals surface area contributed by atoms with Gasteiger partial charge in [-0.3, -0.25) is 9.11 Å². The molecule has 0 spiro atoms. The predicted octanol–water partition coefficient (Wildman–Crippen LogP) is -9.60. The number of ether oxygens (including phenoxy) is 11. The van der Waals surface area contributed by atoms with Crippen molar-refractivity contribution in [3.8, 4) is 0 Å². The van der Waals surface area contributed by atoms with Gasteiger partial charge in [-0.25, -0.2) is 18.0 Å². The molecule has 488 valence electrons. The molecule has 5 saturated heterocycles. The standard InChI is InChI=1S/C46H76O36S2/c1-16-32(50)42(81-83(64,65)66)39(57)30(75-16)14-71-7-19-18(6-70-12-28-37(55)23(49)3-24(77-28)44(59)60)27(78-25(4-47)34(19)52)11-74-10-22-36(54)38(56)29(79-41(22)45(61)62)13-73-9-21-20(35(53)26(5-48)80-46(21)63)8-72-15-31-40(58)43(82-84(67,68)69)33(51)17(2)76-31/h3,16-23,25-43,46-58,63H,4-15H2,1-2H3,(H,59,60)(H,61,62)(H,64,65,66)(H,67,68,69)/t16?,17?,18?,19?,20?,21?,22-,23?,25?,26?,27+,28-,29-,30-,31-,32+,33+,34-,35-,36?,37?,38?,39?,40?,41?,42?,43?,46?/m0/s1. The summed E-state index contributed by atoms with van der Waals surface area (Å²) in [6, 6.07) is 0. The zero-order valence-corrected chi connectivity index (χ0v) is 46.5. The van der Waals surface area contributed by atoms with Crippen LogP contribution >= 0.6 is 0 Å². The van der Waals surface area contributed by atoms with Gasteiger partial charge in [-0.1, -0.05) is 0 Å². The van der Waals surface area contributed by atoms with Crippen LogP contribution in [0, 0.1) is 29.6 Å². The van der Waals surface area contributed by atoms with Crippen LogP contribution in [0.15, 0.2) is 11.8 Å². The molecule has 5 fully saturated rings. The molecular weight excluding hydrogens is 1190 g/mol. The molecule has 6 aliphatic rings. The first kappa shape index (κ1) is 70.4. The second kappa shape index (κ2) is 30.7. The summed E-state index contributed by atoms with van der Waals surface area (Å²) in [6.07, 6.45) is -36.6. The third-order valence-corrected chi connectivity index (χ3v) is 16.5. The minimum absolute atomic E-state index is 0.482. The molecule has 38 heteroatoms. The number of hydrogen-bond donors (Lipinski definition) is 17. The highest BCUT2D eigenvalue weighted by molar-refractivity contribution is 7.81. The van der Waals surface area contributed by atoms with Crippen molar-refractivity contribution < 1.29 is 173 Å². The SMILES string of the molecule is CC1O[C@@H](COCC2C(COC[C@@H]3OC(C(=O)O)[C@@H](COC[C@H]4OC(CO)[C@@H](O)C(COC[C@@H]5OC(C)[C@@H](O)C(OS(=O)(=O)O)C5O)C4COC[C@@H]4OC(C(=O)O)=CC(O)C4O)C(O)C3O)C(O)OC(CO)[C@H]2O)C(O)C(OS(=O)(=O)O)[C@@H]1O. The van der Waals surface area contributed by atoms with Gasteiger partial charge in [0.1, 0.15) is 85.5 Å². The van der Waals surface area contributed by atoms with E-state index in [2.05, 4.69) is 8.37 Å². The number of hydrogen-bond acceptors (Lipinski definition) is 32. The molecule has 0 radical (unpaired) electrons. The van der Waals surface area contributed by atoms with E-state index in [-0.39, 0.29) is 0 Å². The van der Waals surface area contributed by atoms with E-state index in [9.17, 15) is 108 Å². The smallest absolute Gasteiger partial charge is 0.397 e. The first-order chi connectivity index (χ1) is 39.4. The summed E-state index contributed by atoms with van der Waals surface area (Å²) in [6.45, 7) is -4.67. The Kier molecular flexibility index (Phi) is 25.7. The summed E-state index contributed by atoms with van der Waals surface area (Å²) in [5.74, 6) is -10.1. The fourth-order valence-electron chi connectivity index (χ4n) is 10.9. The number of carboxylic acid groups (broad SMARTS) is 2. The lowest BCUT2D eigenvalue weighted by Gasteiger charge is -2.45. The summed E-state index contributed by atoms with van der Waals surface area (Å²) in [7, 11) is -10.3. The monoisotopic (exact) mass is 1270 g/mol. The van der Waals surface area contributed by atoms with Gasteiger partial charge in [0.05, 0.1) is 116 Å². The van der Waals surface area contributed by atoms with Crippen LogP contribution in [0.4, 0.5) is 0 Å². The zero-order chi connectivity index (χ0) is 62.3. The average molecular weight is 1270 g/mol. The largest absolute Gasteiger partial charge is 0.479 e. The number of rotatable bonds is 28. The molecule has 6 heterocycles. The molecule has 84 heavy (non-hydrogen) atoms. The molecule has 28 atom stereocenters. The van der Waals surface area contributed by atoms with Crippen molar-refractivity contribution in [2.45, 2.75) is 154 Å². The zero-order valence-electron chi connectivity index (χ0n) is 44.9. The lowest BCUT2D eigenvalue weighted by Crippen LogP contribution is -2.60. The second-order valence-electron chi connectivity index (χ2n) is 21.2. The summed E-state index contributed by atoms with van der Waals surface area (Å²) in [4.78, 5) is 24.4. The van der Waals surface area contributed by atoms with Crippen LogP contribution in [-0.4, -0.2) is 334 Å². The molecule has 0 aliphatic carbocycles. The molecule has 36 nitrogen and oxygen atoms in total. The molecule has 0 bridgehead atoms. The Morgan fingerprint density at radius 2 is 0.845 bits per heavy atom. The van der Waals surface area contributed by atoms with Crippen molar-refractivity contribution in [3.05, 3.63) is 11.8 Å². The predicted molar refractivity (Wildman–Crippen MR) is 264 cm³/mol. The highest BCUT2D eigenvalue weighted by atomic mass is 32.3. The third-order valence-electron chi connectivity index (χ3n) is 15.5. The van der Waals surface area contributed by atoms with Crippen LogP contribution in [0.25, 0.3) is 0 Å². The van der Waals surface area contributed by atoms with E-state index < -0.39 is 288 Å². The van der Waals surface area contributed by atoms with Gasteiger partial charge in [0.15, 0.2) is 18.5 Å². The number of aliphatic carboxylic acids is 2.